The molecular weight excluding hydrogens is 310 g/mol. The molecule has 4 heteroatoms. The van der Waals surface area contributed by atoms with E-state index >= 15 is 0 Å². The van der Waals surface area contributed by atoms with Crippen LogP contribution < -0.4 is 5.32 Å². The van der Waals surface area contributed by atoms with Gasteiger partial charge in [0.1, 0.15) is 5.75 Å². The highest BCUT2D eigenvalue weighted by Gasteiger charge is 2.08. The zero-order valence-corrected chi connectivity index (χ0v) is 14.2. The van der Waals surface area contributed by atoms with Crippen molar-refractivity contribution >= 4 is 5.69 Å². The number of benzene rings is 2. The Hall–Kier alpha value is -2.85. The van der Waals surface area contributed by atoms with Crippen LogP contribution in [0.2, 0.25) is 0 Å². The van der Waals surface area contributed by atoms with Crippen LogP contribution in [-0.4, -0.2) is 28.1 Å². The molecule has 0 aliphatic heterocycles. The third-order valence-electron chi connectivity index (χ3n) is 4.01. The summed E-state index contributed by atoms with van der Waals surface area (Å²) in [4.78, 5) is 6.79. The molecular formula is C21H23N3O. The van der Waals surface area contributed by atoms with Crippen molar-refractivity contribution < 1.29 is 5.11 Å². The topological polar surface area (TPSA) is 48.4 Å². The number of anilines is 1. The molecule has 3 rings (SSSR count). The van der Waals surface area contributed by atoms with Crippen LogP contribution in [0.1, 0.15) is 11.3 Å². The molecule has 0 saturated heterocycles. The molecule has 3 aromatic rings. The van der Waals surface area contributed by atoms with E-state index in [0.29, 0.717) is 0 Å². The van der Waals surface area contributed by atoms with Crippen molar-refractivity contribution in [3.05, 3.63) is 90.3 Å². The molecule has 128 valence electrons. The lowest BCUT2D eigenvalue weighted by molar-refractivity contribution is 0.264. The summed E-state index contributed by atoms with van der Waals surface area (Å²) in [6.45, 7) is 3.25. The molecule has 1 heterocycles. The monoisotopic (exact) mass is 333 g/mol. The zero-order valence-electron chi connectivity index (χ0n) is 14.2. The fraction of sp³-hybridized carbons (Fsp3) is 0.190. The first kappa shape index (κ1) is 17.0. The summed E-state index contributed by atoms with van der Waals surface area (Å²) in [6.07, 6.45) is 1.83. The standard InChI is InChI=1S/C21H23N3O/c25-21-12-5-4-11-20(21)23-14-15-24(16-18-8-2-1-3-9-18)17-19-10-6-7-13-22-19/h1-13,23,25H,14-17H2. The molecule has 0 amide bonds. The van der Waals surface area contributed by atoms with Crippen LogP contribution in [0.4, 0.5) is 5.69 Å². The number of phenolic OH excluding ortho intramolecular Hbond substituents is 1. The van der Waals surface area contributed by atoms with E-state index in [4.69, 9.17) is 0 Å². The molecule has 25 heavy (non-hydrogen) atoms. The third kappa shape index (κ3) is 5.33. The van der Waals surface area contributed by atoms with E-state index in [2.05, 4.69) is 45.5 Å². The summed E-state index contributed by atoms with van der Waals surface area (Å²) >= 11 is 0. The van der Waals surface area contributed by atoms with Crippen LogP contribution in [0.25, 0.3) is 0 Å². The number of phenols is 1. The van der Waals surface area contributed by atoms with Crippen molar-refractivity contribution in [1.29, 1.82) is 0 Å². The summed E-state index contributed by atoms with van der Waals surface area (Å²) in [6, 6.07) is 23.8. The zero-order chi connectivity index (χ0) is 17.3. The number of aromatic hydroxyl groups is 1. The van der Waals surface area contributed by atoms with Crippen LogP contribution in [0.5, 0.6) is 5.75 Å². The maximum Gasteiger partial charge on any atom is 0.138 e. The molecule has 0 fully saturated rings. The first-order valence-electron chi connectivity index (χ1n) is 8.49. The predicted octanol–water partition coefficient (Wildman–Crippen LogP) is 3.90. The van der Waals surface area contributed by atoms with Crippen molar-refractivity contribution in [2.75, 3.05) is 18.4 Å². The van der Waals surface area contributed by atoms with Crippen molar-refractivity contribution in [2.24, 2.45) is 0 Å². The van der Waals surface area contributed by atoms with Crippen molar-refractivity contribution in [3.63, 3.8) is 0 Å². The van der Waals surface area contributed by atoms with Gasteiger partial charge in [0.05, 0.1) is 11.4 Å². The van der Waals surface area contributed by atoms with Gasteiger partial charge in [0.25, 0.3) is 0 Å². The van der Waals surface area contributed by atoms with E-state index in [9.17, 15) is 5.11 Å². The van der Waals surface area contributed by atoms with E-state index in [1.54, 1.807) is 6.07 Å². The Morgan fingerprint density at radius 1 is 0.840 bits per heavy atom. The Balaban J connectivity index is 1.62. The van der Waals surface area contributed by atoms with Gasteiger partial charge in [0.2, 0.25) is 0 Å². The molecule has 2 aromatic carbocycles. The smallest absolute Gasteiger partial charge is 0.138 e. The molecule has 0 saturated carbocycles. The lowest BCUT2D eigenvalue weighted by Crippen LogP contribution is -2.28. The molecule has 0 unspecified atom stereocenters. The molecule has 0 atom stereocenters. The maximum atomic E-state index is 9.86. The van der Waals surface area contributed by atoms with Crippen molar-refractivity contribution in [1.82, 2.24) is 9.88 Å². The normalized spacial score (nSPS) is 10.8. The Bertz CT molecular complexity index is 721. The van der Waals surface area contributed by atoms with Crippen LogP contribution >= 0.6 is 0 Å². The molecule has 0 aliphatic rings. The van der Waals surface area contributed by atoms with Crippen molar-refractivity contribution in [3.8, 4) is 5.75 Å². The van der Waals surface area contributed by atoms with Crippen LogP contribution in [0.15, 0.2) is 79.0 Å². The number of hydrogen-bond acceptors (Lipinski definition) is 4. The summed E-state index contributed by atoms with van der Waals surface area (Å²) in [7, 11) is 0. The van der Waals surface area contributed by atoms with Gasteiger partial charge in [-0.3, -0.25) is 9.88 Å². The van der Waals surface area contributed by atoms with E-state index < -0.39 is 0 Å². The van der Waals surface area contributed by atoms with E-state index in [0.717, 1.165) is 37.6 Å². The highest BCUT2D eigenvalue weighted by Crippen LogP contribution is 2.21. The molecule has 0 bridgehead atoms. The maximum absolute atomic E-state index is 9.86. The first-order valence-corrected chi connectivity index (χ1v) is 8.49. The molecule has 0 radical (unpaired) electrons. The number of hydrogen-bond donors (Lipinski definition) is 2. The van der Waals surface area contributed by atoms with Gasteiger partial charge in [-0.05, 0) is 29.8 Å². The fourth-order valence-electron chi connectivity index (χ4n) is 2.75. The highest BCUT2D eigenvalue weighted by molar-refractivity contribution is 5.55. The summed E-state index contributed by atoms with van der Waals surface area (Å²) in [5.41, 5.74) is 3.10. The second-order valence-electron chi connectivity index (χ2n) is 5.96. The molecule has 4 nitrogen and oxygen atoms in total. The lowest BCUT2D eigenvalue weighted by atomic mass is 10.2. The number of pyridine rings is 1. The van der Waals surface area contributed by atoms with Gasteiger partial charge < -0.3 is 10.4 Å². The average molecular weight is 333 g/mol. The summed E-state index contributed by atoms with van der Waals surface area (Å²) < 4.78 is 0. The number of para-hydroxylation sites is 2. The largest absolute Gasteiger partial charge is 0.506 e. The van der Waals surface area contributed by atoms with E-state index in [1.807, 2.05) is 42.6 Å². The van der Waals surface area contributed by atoms with Gasteiger partial charge in [0, 0.05) is 32.4 Å². The SMILES string of the molecule is Oc1ccccc1NCCN(Cc1ccccc1)Cc1ccccn1. The number of nitrogens with zero attached hydrogens (tertiary/aromatic N) is 2. The Morgan fingerprint density at radius 3 is 2.36 bits per heavy atom. The predicted molar refractivity (Wildman–Crippen MR) is 101 cm³/mol. The fourth-order valence-corrected chi connectivity index (χ4v) is 2.75. The highest BCUT2D eigenvalue weighted by atomic mass is 16.3. The van der Waals surface area contributed by atoms with Crippen LogP contribution in [0, 0.1) is 0 Å². The van der Waals surface area contributed by atoms with Gasteiger partial charge >= 0.3 is 0 Å². The van der Waals surface area contributed by atoms with Crippen molar-refractivity contribution in [2.45, 2.75) is 13.1 Å². The summed E-state index contributed by atoms with van der Waals surface area (Å²) in [5, 5.41) is 13.2. The quantitative estimate of drug-likeness (QED) is 0.614. The van der Waals surface area contributed by atoms with Crippen LogP contribution in [0.3, 0.4) is 0 Å². The Labute approximate surface area is 148 Å². The minimum atomic E-state index is 0.279. The summed E-state index contributed by atoms with van der Waals surface area (Å²) in [5.74, 6) is 0.279. The van der Waals surface area contributed by atoms with Gasteiger partial charge in [-0.25, -0.2) is 0 Å². The van der Waals surface area contributed by atoms with E-state index in [-0.39, 0.29) is 5.75 Å². The minimum Gasteiger partial charge on any atom is -0.506 e. The van der Waals surface area contributed by atoms with Gasteiger partial charge in [-0.15, -0.1) is 0 Å². The van der Waals surface area contributed by atoms with E-state index in [1.165, 1.54) is 5.56 Å². The number of rotatable bonds is 8. The molecule has 0 aliphatic carbocycles. The third-order valence-corrected chi connectivity index (χ3v) is 4.01. The number of nitrogens with one attached hydrogen (secondary N) is 1. The second-order valence-corrected chi connectivity index (χ2v) is 5.96. The second kappa shape index (κ2) is 8.85. The minimum absolute atomic E-state index is 0.279. The Morgan fingerprint density at radius 2 is 1.60 bits per heavy atom. The molecule has 0 spiro atoms. The molecule has 2 N–H and O–H groups in total. The van der Waals surface area contributed by atoms with Gasteiger partial charge in [-0.2, -0.15) is 0 Å². The molecule has 1 aromatic heterocycles. The van der Waals surface area contributed by atoms with Gasteiger partial charge in [0.15, 0.2) is 0 Å². The van der Waals surface area contributed by atoms with Gasteiger partial charge in [-0.1, -0.05) is 48.5 Å². The number of aromatic nitrogens is 1. The first-order chi connectivity index (χ1) is 12.3. The van der Waals surface area contributed by atoms with Crippen LogP contribution in [-0.2, 0) is 13.1 Å². The lowest BCUT2D eigenvalue weighted by Gasteiger charge is -2.22. The average Bonchev–Trinajstić information content (AvgIpc) is 2.65. The Kier molecular flexibility index (Phi) is 6.01.